The number of rotatable bonds is 5. The second-order valence-electron chi connectivity index (χ2n) is 24.7. The van der Waals surface area contributed by atoms with E-state index in [0.717, 1.165) is 6.42 Å². The molecule has 0 spiro atoms. The van der Waals surface area contributed by atoms with Crippen molar-refractivity contribution < 1.29 is 0 Å². The Kier molecular flexibility index (Phi) is 9.64. The number of hydrogen-bond acceptors (Lipinski definition) is 0. The first-order valence-corrected chi connectivity index (χ1v) is 30.3. The molecule has 15 aromatic carbocycles. The molecule has 0 amide bonds. The molecule has 0 bridgehead atoms. The highest BCUT2D eigenvalue weighted by Crippen LogP contribution is 2.57. The van der Waals surface area contributed by atoms with Crippen LogP contribution in [0.1, 0.15) is 124 Å². The minimum atomic E-state index is 0.454. The third kappa shape index (κ3) is 6.27. The van der Waals surface area contributed by atoms with E-state index in [4.69, 9.17) is 0 Å². The lowest BCUT2D eigenvalue weighted by Crippen LogP contribution is -2.13. The SMILES string of the molecule is Cc1c(C2CCCCC2)c(-c2cccc3c4ccccc4c4cc5ccccc5cc4c23)c2cc3cccc(-c4cc5ccc6ccc7ccc8ccc9ccc4c4c9c8c7c6c54)c3c(C3CCCCC3)c2c1C1=CCCCC1. The monoisotopic (exact) mass is 1010 g/mol. The molecule has 0 saturated heterocycles. The van der Waals surface area contributed by atoms with Gasteiger partial charge in [-0.25, -0.2) is 0 Å². The van der Waals surface area contributed by atoms with Gasteiger partial charge < -0.3 is 0 Å². The summed E-state index contributed by atoms with van der Waals surface area (Å²) in [6, 6.07) is 67.5. The van der Waals surface area contributed by atoms with Crippen LogP contribution < -0.4 is 0 Å². The molecule has 0 atom stereocenters. The Morgan fingerprint density at radius 3 is 1.48 bits per heavy atom. The van der Waals surface area contributed by atoms with Crippen LogP contribution in [-0.4, -0.2) is 0 Å². The molecule has 0 heteroatoms. The second kappa shape index (κ2) is 17.0. The van der Waals surface area contributed by atoms with E-state index < -0.39 is 0 Å². The van der Waals surface area contributed by atoms with E-state index in [-0.39, 0.29) is 0 Å². The standard InChI is InChI=1S/C79H62/c1-45-67(46-17-5-2-6-18-46)77(62-30-16-29-59-57-26-13-14-27-58(57)63-41-53-23-11-12-24-54(53)42-65(63)76(59)62)66-44-55-25-15-28-60(69(55)70(48-21-9-4-10-22-48)79(66)68(45)47-19-7-3-8-20-47)64-43-56-38-37-51-34-32-49-31-33-50-35-36-52-39-40-61(64)78-74(52)72(50)71(49)73(51)75(56)78/h11-16,19,23-44,46,48H,2-10,17-18,20-22H2,1H3. The first kappa shape index (κ1) is 44.9. The minimum absolute atomic E-state index is 0.454. The number of fused-ring (bicyclic) bond motifs is 9. The fourth-order valence-electron chi connectivity index (χ4n) is 17.4. The largest absolute Gasteiger partial charge is 0.0807 e. The van der Waals surface area contributed by atoms with Crippen LogP contribution in [-0.2, 0) is 0 Å². The fraction of sp³-hybridized carbons (Fsp3) is 0.215. The van der Waals surface area contributed by atoms with Crippen molar-refractivity contribution in [3.8, 4) is 22.3 Å². The van der Waals surface area contributed by atoms with Crippen molar-refractivity contribution >= 4 is 135 Å². The number of hydrogen-bond donors (Lipinski definition) is 0. The predicted octanol–water partition coefficient (Wildman–Crippen LogP) is 23.5. The summed E-state index contributed by atoms with van der Waals surface area (Å²) in [4.78, 5) is 0. The molecule has 3 aliphatic rings. The van der Waals surface area contributed by atoms with Crippen molar-refractivity contribution in [3.63, 3.8) is 0 Å². The average molecular weight is 1010 g/mol. The van der Waals surface area contributed by atoms with Gasteiger partial charge in [-0.3, -0.25) is 0 Å². The number of allylic oxidation sites excluding steroid dienone is 2. The van der Waals surface area contributed by atoms with Gasteiger partial charge in [0.25, 0.3) is 0 Å². The molecule has 0 heterocycles. The van der Waals surface area contributed by atoms with Gasteiger partial charge in [0, 0.05) is 0 Å². The highest BCUT2D eigenvalue weighted by molar-refractivity contribution is 6.46. The van der Waals surface area contributed by atoms with E-state index in [1.165, 1.54) is 230 Å². The highest BCUT2D eigenvalue weighted by atomic mass is 14.4. The van der Waals surface area contributed by atoms with Crippen LogP contribution in [0.3, 0.4) is 0 Å². The third-order valence-corrected chi connectivity index (χ3v) is 20.7. The molecule has 0 radical (unpaired) electrons. The van der Waals surface area contributed by atoms with Crippen molar-refractivity contribution in [2.24, 2.45) is 0 Å². The fourth-order valence-corrected chi connectivity index (χ4v) is 17.4. The topological polar surface area (TPSA) is 0 Å². The molecular formula is C79H62. The van der Waals surface area contributed by atoms with Crippen molar-refractivity contribution in [3.05, 3.63) is 198 Å². The van der Waals surface area contributed by atoms with Crippen LogP contribution in [0.25, 0.3) is 157 Å². The normalized spacial score (nSPS) is 16.4. The summed E-state index contributed by atoms with van der Waals surface area (Å²) in [6.07, 6.45) is 20.4. The molecule has 0 nitrogen and oxygen atoms in total. The van der Waals surface area contributed by atoms with Crippen LogP contribution in [0.2, 0.25) is 0 Å². The van der Waals surface area contributed by atoms with Crippen LogP contribution in [0, 0.1) is 6.92 Å². The Morgan fingerprint density at radius 2 is 0.810 bits per heavy atom. The summed E-state index contributed by atoms with van der Waals surface area (Å²) in [6.45, 7) is 2.60. The van der Waals surface area contributed by atoms with Gasteiger partial charge in [-0.05, 0) is 274 Å². The molecule has 3 aliphatic carbocycles. The minimum Gasteiger partial charge on any atom is -0.0807 e. The summed E-state index contributed by atoms with van der Waals surface area (Å²) in [5, 5.41) is 33.5. The van der Waals surface area contributed by atoms with E-state index in [1.807, 2.05) is 0 Å². The summed E-state index contributed by atoms with van der Waals surface area (Å²) in [7, 11) is 0. The van der Waals surface area contributed by atoms with Crippen molar-refractivity contribution in [2.45, 2.75) is 109 Å². The summed E-state index contributed by atoms with van der Waals surface area (Å²) in [5.74, 6) is 0.959. The maximum Gasteiger partial charge on any atom is -0.000762 e. The molecule has 2 saturated carbocycles. The first-order chi connectivity index (χ1) is 39.1. The van der Waals surface area contributed by atoms with Crippen molar-refractivity contribution in [1.29, 1.82) is 0 Å². The quantitative estimate of drug-likeness (QED) is 0.119. The first-order valence-electron chi connectivity index (χ1n) is 30.3. The highest BCUT2D eigenvalue weighted by Gasteiger charge is 2.33. The van der Waals surface area contributed by atoms with Crippen molar-refractivity contribution in [2.75, 3.05) is 0 Å². The van der Waals surface area contributed by atoms with E-state index in [0.29, 0.717) is 11.8 Å². The van der Waals surface area contributed by atoms with E-state index in [2.05, 4.69) is 183 Å². The molecule has 79 heavy (non-hydrogen) atoms. The number of benzene rings is 15. The van der Waals surface area contributed by atoms with Crippen LogP contribution in [0.15, 0.2) is 176 Å². The van der Waals surface area contributed by atoms with Crippen LogP contribution in [0.5, 0.6) is 0 Å². The van der Waals surface area contributed by atoms with Gasteiger partial charge in [0.15, 0.2) is 0 Å². The van der Waals surface area contributed by atoms with Gasteiger partial charge in [0.2, 0.25) is 0 Å². The summed E-state index contributed by atoms with van der Waals surface area (Å²) in [5.41, 5.74) is 13.8. The maximum atomic E-state index is 2.75. The summed E-state index contributed by atoms with van der Waals surface area (Å²) < 4.78 is 0. The van der Waals surface area contributed by atoms with E-state index in [1.54, 1.807) is 33.2 Å². The molecule has 0 aromatic heterocycles. The smallest absolute Gasteiger partial charge is 0.000762 e. The molecule has 378 valence electrons. The Labute approximate surface area is 461 Å². The predicted molar refractivity (Wildman–Crippen MR) is 344 cm³/mol. The Bertz CT molecular complexity index is 5030. The van der Waals surface area contributed by atoms with Gasteiger partial charge >= 0.3 is 0 Å². The second-order valence-corrected chi connectivity index (χ2v) is 24.7. The molecule has 0 aliphatic heterocycles. The Balaban J connectivity index is 1.04. The zero-order valence-electron chi connectivity index (χ0n) is 45.3. The summed E-state index contributed by atoms with van der Waals surface area (Å²) >= 11 is 0. The third-order valence-electron chi connectivity index (χ3n) is 20.7. The van der Waals surface area contributed by atoms with Crippen molar-refractivity contribution in [1.82, 2.24) is 0 Å². The molecule has 0 N–H and O–H groups in total. The van der Waals surface area contributed by atoms with Gasteiger partial charge in [-0.15, -0.1) is 0 Å². The molecule has 18 rings (SSSR count). The molecular weight excluding hydrogens is 949 g/mol. The zero-order chi connectivity index (χ0) is 51.6. The average Bonchev–Trinajstić information content (AvgIpc) is 2.98. The molecule has 0 unspecified atom stereocenters. The molecule has 2 fully saturated rings. The van der Waals surface area contributed by atoms with Gasteiger partial charge in [0.1, 0.15) is 0 Å². The molecule has 15 aromatic rings. The lowest BCUT2D eigenvalue weighted by atomic mass is 9.70. The Hall–Kier alpha value is -8.06. The van der Waals surface area contributed by atoms with Crippen LogP contribution in [0.4, 0.5) is 0 Å². The van der Waals surface area contributed by atoms with Gasteiger partial charge in [0.05, 0.1) is 0 Å². The van der Waals surface area contributed by atoms with E-state index >= 15 is 0 Å². The van der Waals surface area contributed by atoms with Crippen LogP contribution >= 0.6 is 0 Å². The Morgan fingerprint density at radius 1 is 0.291 bits per heavy atom. The van der Waals surface area contributed by atoms with E-state index in [9.17, 15) is 0 Å². The van der Waals surface area contributed by atoms with Gasteiger partial charge in [-0.2, -0.15) is 0 Å². The van der Waals surface area contributed by atoms with Gasteiger partial charge in [-0.1, -0.05) is 190 Å². The lowest BCUT2D eigenvalue weighted by Gasteiger charge is -2.34. The maximum absolute atomic E-state index is 2.75. The zero-order valence-corrected chi connectivity index (χ0v) is 45.3. The lowest BCUT2D eigenvalue weighted by molar-refractivity contribution is 0.443.